The highest BCUT2D eigenvalue weighted by Gasteiger charge is 2.14. The van der Waals surface area contributed by atoms with Crippen LogP contribution in [0.15, 0.2) is 66.7 Å². The van der Waals surface area contributed by atoms with Crippen molar-refractivity contribution in [2.75, 3.05) is 5.32 Å². The third-order valence-electron chi connectivity index (χ3n) is 4.86. The lowest BCUT2D eigenvalue weighted by atomic mass is 9.87. The van der Waals surface area contributed by atoms with Gasteiger partial charge in [-0.2, -0.15) is 0 Å². The van der Waals surface area contributed by atoms with Gasteiger partial charge in [0.15, 0.2) is 0 Å². The highest BCUT2D eigenvalue weighted by atomic mass is 19.1. The topological polar surface area (TPSA) is 58.2 Å². The molecule has 3 aromatic rings. The van der Waals surface area contributed by atoms with Crippen LogP contribution in [0.3, 0.4) is 0 Å². The van der Waals surface area contributed by atoms with Gasteiger partial charge in [-0.25, -0.2) is 8.78 Å². The van der Waals surface area contributed by atoms with Crippen molar-refractivity contribution in [3.8, 4) is 0 Å². The second kappa shape index (κ2) is 9.08. The lowest BCUT2D eigenvalue weighted by Crippen LogP contribution is -2.23. The largest absolute Gasteiger partial charge is 0.348 e. The predicted molar refractivity (Wildman–Crippen MR) is 117 cm³/mol. The van der Waals surface area contributed by atoms with Crippen LogP contribution in [-0.2, 0) is 12.0 Å². The van der Waals surface area contributed by atoms with Gasteiger partial charge >= 0.3 is 0 Å². The number of halogens is 2. The van der Waals surface area contributed by atoms with E-state index < -0.39 is 17.5 Å². The van der Waals surface area contributed by atoms with E-state index >= 15 is 0 Å². The van der Waals surface area contributed by atoms with E-state index in [1.807, 2.05) is 12.1 Å². The van der Waals surface area contributed by atoms with Crippen LogP contribution in [0.2, 0.25) is 0 Å². The van der Waals surface area contributed by atoms with Crippen molar-refractivity contribution >= 4 is 17.5 Å². The molecule has 0 atom stereocenters. The zero-order valence-corrected chi connectivity index (χ0v) is 17.6. The molecule has 0 saturated heterocycles. The second-order valence-electron chi connectivity index (χ2n) is 8.29. The first kappa shape index (κ1) is 22.2. The normalized spacial score (nSPS) is 11.1. The number of amides is 2. The fraction of sp³-hybridized carbons (Fsp3) is 0.200. The van der Waals surface area contributed by atoms with Crippen LogP contribution in [0.4, 0.5) is 14.5 Å². The maximum atomic E-state index is 13.7. The molecule has 0 saturated carbocycles. The summed E-state index contributed by atoms with van der Waals surface area (Å²) in [5.74, 6) is -2.26. The van der Waals surface area contributed by atoms with Gasteiger partial charge in [0.25, 0.3) is 11.8 Å². The summed E-state index contributed by atoms with van der Waals surface area (Å²) in [5, 5.41) is 5.26. The first-order chi connectivity index (χ1) is 14.6. The third kappa shape index (κ3) is 5.75. The molecular weight excluding hydrogens is 398 g/mol. The van der Waals surface area contributed by atoms with Crippen molar-refractivity contribution in [3.05, 3.63) is 101 Å². The molecule has 6 heteroatoms. The lowest BCUT2D eigenvalue weighted by molar-refractivity contribution is 0.0949. The Balaban J connectivity index is 1.57. The average Bonchev–Trinajstić information content (AvgIpc) is 2.74. The number of anilines is 1. The molecule has 4 nitrogen and oxygen atoms in total. The van der Waals surface area contributed by atoms with Crippen LogP contribution in [0, 0.1) is 11.6 Å². The van der Waals surface area contributed by atoms with E-state index in [9.17, 15) is 18.4 Å². The van der Waals surface area contributed by atoms with Crippen LogP contribution in [-0.4, -0.2) is 11.8 Å². The number of hydrogen-bond acceptors (Lipinski definition) is 2. The summed E-state index contributed by atoms with van der Waals surface area (Å²) >= 11 is 0. The molecule has 0 fully saturated rings. The van der Waals surface area contributed by atoms with E-state index in [0.29, 0.717) is 23.7 Å². The van der Waals surface area contributed by atoms with Gasteiger partial charge in [-0.1, -0.05) is 45.0 Å². The molecule has 2 N–H and O–H groups in total. The summed E-state index contributed by atoms with van der Waals surface area (Å²) in [6.07, 6.45) is 0. The van der Waals surface area contributed by atoms with Gasteiger partial charge < -0.3 is 10.6 Å². The summed E-state index contributed by atoms with van der Waals surface area (Å²) in [5.41, 5.74) is 2.77. The van der Waals surface area contributed by atoms with E-state index in [2.05, 4.69) is 31.4 Å². The molecule has 0 aliphatic carbocycles. The second-order valence-corrected chi connectivity index (χ2v) is 8.29. The minimum atomic E-state index is -0.844. The monoisotopic (exact) mass is 422 g/mol. The lowest BCUT2D eigenvalue weighted by Gasteiger charge is -2.19. The van der Waals surface area contributed by atoms with Gasteiger partial charge in [0.2, 0.25) is 0 Å². The third-order valence-corrected chi connectivity index (χ3v) is 4.86. The number of carbonyl (C=O) groups excluding carboxylic acids is 2. The maximum absolute atomic E-state index is 13.7. The van der Waals surface area contributed by atoms with Crippen LogP contribution in [0.25, 0.3) is 0 Å². The van der Waals surface area contributed by atoms with Crippen molar-refractivity contribution in [3.63, 3.8) is 0 Å². The van der Waals surface area contributed by atoms with Gasteiger partial charge in [0.05, 0.1) is 5.69 Å². The standard InChI is InChI=1S/C25H24F2N2O2/c1-25(2,3)19-10-8-17(9-11-19)23(30)28-15-16-4-6-18(7-5-16)24(31)29-22-13-12-20(26)14-21(22)27/h4-14H,15H2,1-3H3,(H,28,30)(H,29,31). The van der Waals surface area contributed by atoms with Gasteiger partial charge in [-0.3, -0.25) is 9.59 Å². The first-order valence-electron chi connectivity index (χ1n) is 9.87. The molecule has 0 radical (unpaired) electrons. The minimum Gasteiger partial charge on any atom is -0.348 e. The summed E-state index contributed by atoms with van der Waals surface area (Å²) in [6, 6.07) is 17.0. The highest BCUT2D eigenvalue weighted by Crippen LogP contribution is 2.22. The molecule has 0 aliphatic rings. The fourth-order valence-corrected chi connectivity index (χ4v) is 2.97. The summed E-state index contributed by atoms with van der Waals surface area (Å²) in [6.45, 7) is 6.64. The Morgan fingerprint density at radius 2 is 1.39 bits per heavy atom. The van der Waals surface area contributed by atoms with Gasteiger partial charge in [-0.05, 0) is 52.9 Å². The Bertz CT molecular complexity index is 1090. The van der Waals surface area contributed by atoms with Gasteiger partial charge in [-0.15, -0.1) is 0 Å². The predicted octanol–water partition coefficient (Wildman–Crippen LogP) is 5.44. The number of rotatable bonds is 5. The van der Waals surface area contributed by atoms with E-state index in [1.54, 1.807) is 36.4 Å². The van der Waals surface area contributed by atoms with Gasteiger partial charge in [0, 0.05) is 23.7 Å². The van der Waals surface area contributed by atoms with E-state index in [4.69, 9.17) is 0 Å². The molecule has 3 rings (SSSR count). The zero-order valence-electron chi connectivity index (χ0n) is 17.6. The van der Waals surface area contributed by atoms with Crippen molar-refractivity contribution in [1.29, 1.82) is 0 Å². The molecule has 0 aliphatic heterocycles. The van der Waals surface area contributed by atoms with Crippen LogP contribution in [0.5, 0.6) is 0 Å². The molecule has 0 heterocycles. The average molecular weight is 422 g/mol. The molecular formula is C25H24F2N2O2. The Kier molecular flexibility index (Phi) is 6.49. The molecule has 0 bridgehead atoms. The molecule has 160 valence electrons. The minimum absolute atomic E-state index is 0.0194. The molecule has 2 amide bonds. The van der Waals surface area contributed by atoms with Gasteiger partial charge in [0.1, 0.15) is 11.6 Å². The Hall–Kier alpha value is -3.54. The van der Waals surface area contributed by atoms with Crippen molar-refractivity contribution in [1.82, 2.24) is 5.32 Å². The number of nitrogens with one attached hydrogen (secondary N) is 2. The molecule has 3 aromatic carbocycles. The Labute approximate surface area is 180 Å². The van der Waals surface area contributed by atoms with Crippen molar-refractivity contribution in [2.24, 2.45) is 0 Å². The molecule has 31 heavy (non-hydrogen) atoms. The molecule has 0 aromatic heterocycles. The van der Waals surface area contributed by atoms with E-state index in [-0.39, 0.29) is 17.0 Å². The van der Waals surface area contributed by atoms with Crippen molar-refractivity contribution in [2.45, 2.75) is 32.7 Å². The number of hydrogen-bond donors (Lipinski definition) is 2. The Morgan fingerprint density at radius 3 is 1.97 bits per heavy atom. The first-order valence-corrected chi connectivity index (χ1v) is 9.87. The van der Waals surface area contributed by atoms with Crippen LogP contribution >= 0.6 is 0 Å². The maximum Gasteiger partial charge on any atom is 0.255 e. The van der Waals surface area contributed by atoms with Crippen LogP contribution < -0.4 is 10.6 Å². The van der Waals surface area contributed by atoms with Crippen LogP contribution in [0.1, 0.15) is 52.6 Å². The molecule has 0 spiro atoms. The van der Waals surface area contributed by atoms with Crippen molar-refractivity contribution < 1.29 is 18.4 Å². The highest BCUT2D eigenvalue weighted by molar-refractivity contribution is 6.04. The number of benzene rings is 3. The fourth-order valence-electron chi connectivity index (χ4n) is 2.97. The van der Waals surface area contributed by atoms with E-state index in [1.165, 1.54) is 6.07 Å². The van der Waals surface area contributed by atoms with E-state index in [0.717, 1.165) is 17.2 Å². The quantitative estimate of drug-likeness (QED) is 0.575. The smallest absolute Gasteiger partial charge is 0.255 e. The number of carbonyl (C=O) groups is 2. The summed E-state index contributed by atoms with van der Waals surface area (Å²) in [4.78, 5) is 24.6. The zero-order chi connectivity index (χ0) is 22.6. The summed E-state index contributed by atoms with van der Waals surface area (Å²) in [7, 11) is 0. The SMILES string of the molecule is CC(C)(C)c1ccc(C(=O)NCc2ccc(C(=O)Nc3ccc(F)cc3F)cc2)cc1. The summed E-state index contributed by atoms with van der Waals surface area (Å²) < 4.78 is 26.7. The molecule has 0 unspecified atom stereocenters. The Morgan fingerprint density at radius 1 is 0.806 bits per heavy atom.